The Labute approximate surface area is 129 Å². The summed E-state index contributed by atoms with van der Waals surface area (Å²) in [4.78, 5) is 12.4. The highest BCUT2D eigenvalue weighted by Crippen LogP contribution is 2.31. The van der Waals surface area contributed by atoms with Gasteiger partial charge in [0.1, 0.15) is 0 Å². The first-order chi connectivity index (χ1) is 9.02. The van der Waals surface area contributed by atoms with Crippen molar-refractivity contribution < 1.29 is 9.90 Å². The Balaban J connectivity index is 0.00000361. The molecule has 1 fully saturated rings. The molecule has 1 aliphatic rings. The molecular formula is C15H31ClN2O2. The number of amides is 1. The summed E-state index contributed by atoms with van der Waals surface area (Å²) in [7, 11) is 0. The zero-order chi connectivity index (χ0) is 14.4. The van der Waals surface area contributed by atoms with Crippen LogP contribution < -0.4 is 10.6 Å². The van der Waals surface area contributed by atoms with Crippen molar-refractivity contribution in [3.8, 4) is 0 Å². The van der Waals surface area contributed by atoms with Gasteiger partial charge in [-0.05, 0) is 51.0 Å². The Morgan fingerprint density at radius 2 is 2.05 bits per heavy atom. The number of halogens is 1. The van der Waals surface area contributed by atoms with E-state index < -0.39 is 0 Å². The van der Waals surface area contributed by atoms with E-state index >= 15 is 0 Å². The maximum absolute atomic E-state index is 12.4. The average molecular weight is 307 g/mol. The highest BCUT2D eigenvalue weighted by molar-refractivity contribution is 5.85. The number of aliphatic hydroxyl groups excluding tert-OH is 1. The normalized spacial score (nSPS) is 23.0. The van der Waals surface area contributed by atoms with Gasteiger partial charge in [0.15, 0.2) is 0 Å². The van der Waals surface area contributed by atoms with Crippen molar-refractivity contribution in [3.05, 3.63) is 0 Å². The van der Waals surface area contributed by atoms with E-state index in [0.717, 1.165) is 45.2 Å². The SMILES string of the molecule is CCC(CC)(CCO)CNC(=O)C1(C)CCCNC1.Cl. The van der Waals surface area contributed by atoms with E-state index in [1.807, 2.05) is 6.92 Å². The molecule has 0 saturated carbocycles. The summed E-state index contributed by atoms with van der Waals surface area (Å²) in [6.07, 6.45) is 4.75. The van der Waals surface area contributed by atoms with Gasteiger partial charge in [-0.15, -0.1) is 12.4 Å². The van der Waals surface area contributed by atoms with Crippen LogP contribution >= 0.6 is 12.4 Å². The number of nitrogens with one attached hydrogen (secondary N) is 2. The Hall–Kier alpha value is -0.320. The number of hydrogen-bond acceptors (Lipinski definition) is 3. The second-order valence-corrected chi connectivity index (χ2v) is 6.20. The van der Waals surface area contributed by atoms with E-state index in [1.54, 1.807) is 0 Å². The van der Waals surface area contributed by atoms with E-state index in [2.05, 4.69) is 24.5 Å². The predicted molar refractivity (Wildman–Crippen MR) is 85.2 cm³/mol. The molecule has 0 spiro atoms. The lowest BCUT2D eigenvalue weighted by Gasteiger charge is -2.36. The molecule has 1 amide bonds. The molecule has 1 aliphatic heterocycles. The molecule has 0 radical (unpaired) electrons. The first-order valence-corrected chi connectivity index (χ1v) is 7.62. The number of rotatable bonds is 7. The minimum absolute atomic E-state index is 0. The second-order valence-electron chi connectivity index (χ2n) is 6.20. The van der Waals surface area contributed by atoms with Crippen molar-refractivity contribution in [2.75, 3.05) is 26.2 Å². The van der Waals surface area contributed by atoms with Crippen LogP contribution in [0.3, 0.4) is 0 Å². The molecule has 1 rings (SSSR count). The minimum Gasteiger partial charge on any atom is -0.396 e. The van der Waals surface area contributed by atoms with Crippen molar-refractivity contribution in [1.29, 1.82) is 0 Å². The first-order valence-electron chi connectivity index (χ1n) is 7.62. The van der Waals surface area contributed by atoms with Gasteiger partial charge >= 0.3 is 0 Å². The fraction of sp³-hybridized carbons (Fsp3) is 0.933. The lowest BCUT2D eigenvalue weighted by Crippen LogP contribution is -2.50. The molecule has 0 aromatic heterocycles. The fourth-order valence-electron chi connectivity index (χ4n) is 2.91. The van der Waals surface area contributed by atoms with Crippen LogP contribution in [-0.4, -0.2) is 37.3 Å². The van der Waals surface area contributed by atoms with E-state index in [1.165, 1.54) is 0 Å². The quantitative estimate of drug-likeness (QED) is 0.675. The van der Waals surface area contributed by atoms with Gasteiger partial charge in [0.25, 0.3) is 0 Å². The predicted octanol–water partition coefficient (Wildman–Crippen LogP) is 2.10. The zero-order valence-electron chi connectivity index (χ0n) is 13.1. The summed E-state index contributed by atoms with van der Waals surface area (Å²) in [5.74, 6) is 0.156. The molecule has 1 unspecified atom stereocenters. The number of piperidine rings is 1. The molecule has 1 saturated heterocycles. The van der Waals surface area contributed by atoms with Crippen LogP contribution in [0.25, 0.3) is 0 Å². The maximum atomic E-state index is 12.4. The fourth-order valence-corrected chi connectivity index (χ4v) is 2.91. The average Bonchev–Trinajstić information content (AvgIpc) is 2.44. The molecule has 1 heterocycles. The third kappa shape index (κ3) is 4.90. The summed E-state index contributed by atoms with van der Waals surface area (Å²) in [5.41, 5.74) is -0.229. The van der Waals surface area contributed by atoms with Gasteiger partial charge in [-0.3, -0.25) is 4.79 Å². The Morgan fingerprint density at radius 1 is 1.40 bits per heavy atom. The summed E-state index contributed by atoms with van der Waals surface area (Å²) in [5, 5.41) is 15.6. The number of hydrogen-bond donors (Lipinski definition) is 3. The zero-order valence-corrected chi connectivity index (χ0v) is 13.9. The maximum Gasteiger partial charge on any atom is 0.227 e. The van der Waals surface area contributed by atoms with Crippen molar-refractivity contribution in [3.63, 3.8) is 0 Å². The number of carbonyl (C=O) groups excluding carboxylic acids is 1. The highest BCUT2D eigenvalue weighted by atomic mass is 35.5. The molecular weight excluding hydrogens is 276 g/mol. The summed E-state index contributed by atoms with van der Waals surface area (Å²) in [6.45, 7) is 8.96. The van der Waals surface area contributed by atoms with Crippen molar-refractivity contribution in [2.24, 2.45) is 10.8 Å². The van der Waals surface area contributed by atoms with Crippen LogP contribution in [0, 0.1) is 10.8 Å². The lowest BCUT2D eigenvalue weighted by molar-refractivity contribution is -0.131. The largest absolute Gasteiger partial charge is 0.396 e. The Bertz CT molecular complexity index is 288. The van der Waals surface area contributed by atoms with E-state index in [4.69, 9.17) is 0 Å². The van der Waals surface area contributed by atoms with E-state index in [9.17, 15) is 9.90 Å². The third-order valence-corrected chi connectivity index (χ3v) is 4.91. The standard InChI is InChI=1S/C15H30N2O2.ClH/c1-4-15(5-2,8-10-18)12-17-13(19)14(3)7-6-9-16-11-14;/h16,18H,4-12H2,1-3H3,(H,17,19);1H. The monoisotopic (exact) mass is 306 g/mol. The van der Waals surface area contributed by atoms with Crippen molar-refractivity contribution in [2.45, 2.75) is 52.9 Å². The molecule has 5 heteroatoms. The smallest absolute Gasteiger partial charge is 0.227 e. The molecule has 0 aliphatic carbocycles. The second kappa shape index (κ2) is 8.85. The van der Waals surface area contributed by atoms with Gasteiger partial charge in [-0.2, -0.15) is 0 Å². The first kappa shape index (κ1) is 19.7. The van der Waals surface area contributed by atoms with Gasteiger partial charge in [-0.25, -0.2) is 0 Å². The van der Waals surface area contributed by atoms with Gasteiger partial charge in [0.2, 0.25) is 5.91 Å². The molecule has 0 bridgehead atoms. The topological polar surface area (TPSA) is 61.4 Å². The molecule has 3 N–H and O–H groups in total. The van der Waals surface area contributed by atoms with Crippen LogP contribution in [0.15, 0.2) is 0 Å². The van der Waals surface area contributed by atoms with E-state index in [0.29, 0.717) is 6.54 Å². The summed E-state index contributed by atoms with van der Waals surface area (Å²) >= 11 is 0. The Kier molecular flexibility index (Phi) is 8.71. The molecule has 120 valence electrons. The van der Waals surface area contributed by atoms with Crippen LogP contribution in [0.2, 0.25) is 0 Å². The number of aliphatic hydroxyl groups is 1. The van der Waals surface area contributed by atoms with E-state index in [-0.39, 0.29) is 35.8 Å². The van der Waals surface area contributed by atoms with Crippen LogP contribution in [0.4, 0.5) is 0 Å². The van der Waals surface area contributed by atoms with Gasteiger partial charge in [0.05, 0.1) is 5.41 Å². The van der Waals surface area contributed by atoms with Crippen molar-refractivity contribution >= 4 is 18.3 Å². The van der Waals surface area contributed by atoms with Gasteiger partial charge in [0, 0.05) is 19.7 Å². The molecule has 1 atom stereocenters. The molecule has 0 aromatic rings. The van der Waals surface area contributed by atoms with Crippen LogP contribution in [0.5, 0.6) is 0 Å². The highest BCUT2D eigenvalue weighted by Gasteiger charge is 2.36. The minimum atomic E-state index is -0.273. The third-order valence-electron chi connectivity index (χ3n) is 4.91. The van der Waals surface area contributed by atoms with Gasteiger partial charge in [-0.1, -0.05) is 13.8 Å². The molecule has 20 heavy (non-hydrogen) atoms. The lowest BCUT2D eigenvalue weighted by atomic mass is 9.78. The van der Waals surface area contributed by atoms with Gasteiger partial charge < -0.3 is 15.7 Å². The number of carbonyl (C=O) groups is 1. The summed E-state index contributed by atoms with van der Waals surface area (Å²) in [6, 6.07) is 0. The molecule has 4 nitrogen and oxygen atoms in total. The van der Waals surface area contributed by atoms with Crippen LogP contribution in [0.1, 0.15) is 52.9 Å². The van der Waals surface area contributed by atoms with Crippen molar-refractivity contribution in [1.82, 2.24) is 10.6 Å². The Morgan fingerprint density at radius 3 is 2.50 bits per heavy atom. The molecule has 0 aromatic carbocycles. The van der Waals surface area contributed by atoms with Crippen LogP contribution in [-0.2, 0) is 4.79 Å². The summed E-state index contributed by atoms with van der Waals surface area (Å²) < 4.78 is 0.